The molecular formula is C17H24Cl3N5O. The van der Waals surface area contributed by atoms with Crippen LogP contribution in [0.1, 0.15) is 23.7 Å². The third-order valence-corrected chi connectivity index (χ3v) is 4.22. The molecule has 2 aromatic rings. The van der Waals surface area contributed by atoms with Crippen LogP contribution in [0.5, 0.6) is 0 Å². The van der Waals surface area contributed by atoms with Crippen molar-refractivity contribution in [2.75, 3.05) is 30.8 Å². The van der Waals surface area contributed by atoms with Crippen LogP contribution < -0.4 is 16.0 Å². The lowest BCUT2D eigenvalue weighted by Gasteiger charge is -2.18. The Bertz CT molecular complexity index is 744. The standard InChI is InChI=1S/C17H21N5O.3ClH/c1-11(23)12-4-3-5-13(8-12)15-9-16(21-17(18)20-15)22-7-6-14(10-22)19-2;;;/h3-5,8-9,14,19H,6-7,10H2,1-2H3,(H2,18,20,21);3*1H. The molecule has 1 fully saturated rings. The summed E-state index contributed by atoms with van der Waals surface area (Å²) in [6.07, 6.45) is 1.08. The van der Waals surface area contributed by atoms with Crippen LogP contribution in [0.2, 0.25) is 0 Å². The number of nitrogens with zero attached hydrogens (tertiary/aromatic N) is 3. The molecule has 0 aliphatic carbocycles. The second-order valence-electron chi connectivity index (χ2n) is 5.83. The summed E-state index contributed by atoms with van der Waals surface area (Å²) >= 11 is 0. The Morgan fingerprint density at radius 2 is 1.96 bits per heavy atom. The summed E-state index contributed by atoms with van der Waals surface area (Å²) in [4.78, 5) is 22.5. The van der Waals surface area contributed by atoms with Gasteiger partial charge in [-0.3, -0.25) is 4.79 Å². The zero-order chi connectivity index (χ0) is 16.4. The summed E-state index contributed by atoms with van der Waals surface area (Å²) in [6, 6.07) is 9.84. The normalized spacial score (nSPS) is 15.5. The number of ketones is 1. The number of nitrogens with two attached hydrogens (primary N) is 1. The number of carbonyl (C=O) groups excluding carboxylic acids is 1. The van der Waals surface area contributed by atoms with Crippen LogP contribution in [0.4, 0.5) is 11.8 Å². The highest BCUT2D eigenvalue weighted by Gasteiger charge is 2.23. The number of halogens is 3. The molecular weight excluding hydrogens is 397 g/mol. The van der Waals surface area contributed by atoms with E-state index in [9.17, 15) is 4.79 Å². The SMILES string of the molecule is CNC1CCN(c2cc(-c3cccc(C(C)=O)c3)nc(N)n2)C1.Cl.Cl.Cl. The Labute approximate surface area is 172 Å². The fourth-order valence-electron chi connectivity index (χ4n) is 2.86. The number of hydrogen-bond donors (Lipinski definition) is 2. The van der Waals surface area contributed by atoms with E-state index in [1.807, 2.05) is 31.3 Å². The molecule has 1 aromatic carbocycles. The first kappa shape index (κ1) is 24.4. The molecule has 0 bridgehead atoms. The zero-order valence-electron chi connectivity index (χ0n) is 14.6. The van der Waals surface area contributed by atoms with Gasteiger partial charge in [0.25, 0.3) is 0 Å². The van der Waals surface area contributed by atoms with Gasteiger partial charge in [0.15, 0.2) is 5.78 Å². The van der Waals surface area contributed by atoms with Crippen molar-refractivity contribution in [1.29, 1.82) is 0 Å². The topological polar surface area (TPSA) is 84.1 Å². The van der Waals surface area contributed by atoms with Crippen molar-refractivity contribution in [2.24, 2.45) is 0 Å². The molecule has 2 heterocycles. The Hall–Kier alpha value is -1.60. The first-order valence-corrected chi connectivity index (χ1v) is 7.75. The summed E-state index contributed by atoms with van der Waals surface area (Å²) in [5.41, 5.74) is 8.17. The molecule has 144 valence electrons. The van der Waals surface area contributed by atoms with Gasteiger partial charge in [-0.25, -0.2) is 4.98 Å². The second-order valence-corrected chi connectivity index (χ2v) is 5.83. The first-order valence-electron chi connectivity index (χ1n) is 7.75. The lowest BCUT2D eigenvalue weighted by molar-refractivity contribution is 0.101. The van der Waals surface area contributed by atoms with Crippen LogP contribution in [-0.2, 0) is 0 Å². The predicted octanol–water partition coefficient (Wildman–Crippen LogP) is 2.99. The molecule has 6 nitrogen and oxygen atoms in total. The molecule has 26 heavy (non-hydrogen) atoms. The van der Waals surface area contributed by atoms with Crippen molar-refractivity contribution in [3.05, 3.63) is 35.9 Å². The van der Waals surface area contributed by atoms with E-state index in [0.29, 0.717) is 11.6 Å². The molecule has 1 unspecified atom stereocenters. The smallest absolute Gasteiger partial charge is 0.222 e. The molecule has 0 radical (unpaired) electrons. The van der Waals surface area contributed by atoms with Crippen molar-refractivity contribution in [2.45, 2.75) is 19.4 Å². The number of carbonyl (C=O) groups is 1. The van der Waals surface area contributed by atoms with Crippen molar-refractivity contribution in [1.82, 2.24) is 15.3 Å². The minimum atomic E-state index is 0. The maximum Gasteiger partial charge on any atom is 0.222 e. The molecule has 1 aliphatic rings. The summed E-state index contributed by atoms with van der Waals surface area (Å²) in [7, 11) is 1.97. The Morgan fingerprint density at radius 1 is 1.23 bits per heavy atom. The first-order chi connectivity index (χ1) is 11.1. The van der Waals surface area contributed by atoms with Gasteiger partial charge in [0, 0.05) is 36.3 Å². The summed E-state index contributed by atoms with van der Waals surface area (Å²) in [6.45, 7) is 3.40. The minimum absolute atomic E-state index is 0. The predicted molar refractivity (Wildman–Crippen MR) is 113 cm³/mol. The van der Waals surface area contributed by atoms with E-state index in [-0.39, 0.29) is 49.0 Å². The van der Waals surface area contributed by atoms with E-state index in [1.165, 1.54) is 0 Å². The molecule has 0 amide bonds. The van der Waals surface area contributed by atoms with Crippen molar-refractivity contribution in [3.63, 3.8) is 0 Å². The highest BCUT2D eigenvalue weighted by Crippen LogP contribution is 2.25. The van der Waals surface area contributed by atoms with Gasteiger partial charge in [0.2, 0.25) is 5.95 Å². The van der Waals surface area contributed by atoms with E-state index >= 15 is 0 Å². The number of anilines is 2. The number of Topliss-reactive ketones (excluding diaryl/α,β-unsaturated/α-hetero) is 1. The quantitative estimate of drug-likeness (QED) is 0.740. The minimum Gasteiger partial charge on any atom is -0.368 e. The Balaban J connectivity index is 0.00000208. The van der Waals surface area contributed by atoms with Gasteiger partial charge in [-0.1, -0.05) is 18.2 Å². The van der Waals surface area contributed by atoms with E-state index in [4.69, 9.17) is 5.73 Å². The number of hydrogen-bond acceptors (Lipinski definition) is 6. The highest BCUT2D eigenvalue weighted by atomic mass is 35.5. The largest absolute Gasteiger partial charge is 0.368 e. The molecule has 0 spiro atoms. The molecule has 1 saturated heterocycles. The van der Waals surface area contributed by atoms with Crippen LogP contribution in [0.25, 0.3) is 11.3 Å². The number of aromatic nitrogens is 2. The van der Waals surface area contributed by atoms with E-state index in [1.54, 1.807) is 13.0 Å². The Kier molecular flexibility index (Phi) is 9.88. The van der Waals surface area contributed by atoms with Gasteiger partial charge in [0.1, 0.15) is 5.82 Å². The maximum atomic E-state index is 11.6. The summed E-state index contributed by atoms with van der Waals surface area (Å²) in [5.74, 6) is 1.11. The third kappa shape index (κ3) is 5.45. The molecule has 1 aliphatic heterocycles. The van der Waals surface area contributed by atoms with Gasteiger partial charge < -0.3 is 16.0 Å². The average Bonchev–Trinajstić information content (AvgIpc) is 3.03. The van der Waals surface area contributed by atoms with Gasteiger partial charge in [-0.15, -0.1) is 37.2 Å². The van der Waals surface area contributed by atoms with Crippen LogP contribution >= 0.6 is 37.2 Å². The zero-order valence-corrected chi connectivity index (χ0v) is 17.1. The van der Waals surface area contributed by atoms with Crippen LogP contribution in [0.15, 0.2) is 30.3 Å². The van der Waals surface area contributed by atoms with Crippen LogP contribution in [0.3, 0.4) is 0 Å². The van der Waals surface area contributed by atoms with Crippen molar-refractivity contribution < 1.29 is 4.79 Å². The van der Waals surface area contributed by atoms with Crippen molar-refractivity contribution >= 4 is 54.8 Å². The highest BCUT2D eigenvalue weighted by molar-refractivity contribution is 5.95. The average molecular weight is 421 g/mol. The molecule has 0 saturated carbocycles. The molecule has 3 N–H and O–H groups in total. The summed E-state index contributed by atoms with van der Waals surface area (Å²) < 4.78 is 0. The number of rotatable bonds is 4. The van der Waals surface area contributed by atoms with Gasteiger partial charge >= 0.3 is 0 Å². The number of benzene rings is 1. The summed E-state index contributed by atoms with van der Waals surface area (Å²) in [5, 5.41) is 3.29. The molecule has 1 aromatic heterocycles. The van der Waals surface area contributed by atoms with Gasteiger partial charge in [-0.2, -0.15) is 4.98 Å². The number of nitrogens with one attached hydrogen (secondary N) is 1. The van der Waals surface area contributed by atoms with Crippen LogP contribution in [-0.4, -0.2) is 41.9 Å². The van der Waals surface area contributed by atoms with Crippen molar-refractivity contribution in [3.8, 4) is 11.3 Å². The fraction of sp³-hybridized carbons (Fsp3) is 0.353. The van der Waals surface area contributed by atoms with Crippen LogP contribution in [0, 0.1) is 0 Å². The Morgan fingerprint density at radius 3 is 2.58 bits per heavy atom. The second kappa shape index (κ2) is 10.5. The lowest BCUT2D eigenvalue weighted by Crippen LogP contribution is -2.30. The molecule has 9 heteroatoms. The monoisotopic (exact) mass is 419 g/mol. The third-order valence-electron chi connectivity index (χ3n) is 4.22. The number of nitrogen functional groups attached to an aromatic ring is 1. The maximum absolute atomic E-state index is 11.6. The van der Waals surface area contributed by atoms with E-state index in [0.717, 1.165) is 36.6 Å². The van der Waals surface area contributed by atoms with Gasteiger partial charge in [0.05, 0.1) is 5.69 Å². The van der Waals surface area contributed by atoms with E-state index < -0.39 is 0 Å². The molecule has 1 atom stereocenters. The molecule has 3 rings (SSSR count). The van der Waals surface area contributed by atoms with E-state index in [2.05, 4.69) is 20.2 Å². The number of likely N-dealkylation sites (N-methyl/N-ethyl adjacent to an activating group) is 1. The van der Waals surface area contributed by atoms with Gasteiger partial charge in [-0.05, 0) is 26.5 Å². The fourth-order valence-corrected chi connectivity index (χ4v) is 2.86. The lowest BCUT2D eigenvalue weighted by atomic mass is 10.1.